The largest absolute Gasteiger partial charge is 0.490 e. The first-order valence-electron chi connectivity index (χ1n) is 9.92. The van der Waals surface area contributed by atoms with Crippen molar-refractivity contribution in [1.82, 2.24) is 10.2 Å². The Labute approximate surface area is 185 Å². The van der Waals surface area contributed by atoms with Gasteiger partial charge in [-0.1, -0.05) is 12.1 Å². The normalized spacial score (nSPS) is 11.6. The number of nitro groups is 1. The Hall–Kier alpha value is -3.69. The molecule has 2 amide bonds. The number of nitrogens with zero attached hydrogens (tertiary/aromatic N) is 2. The average molecular weight is 447 g/mol. The summed E-state index contributed by atoms with van der Waals surface area (Å²) >= 11 is 0. The minimum atomic E-state index is -0.815. The first-order chi connectivity index (χ1) is 15.1. The molecule has 0 aliphatic heterocycles. The van der Waals surface area contributed by atoms with Gasteiger partial charge in [0.25, 0.3) is 5.91 Å². The fraction of sp³-hybridized carbons (Fsp3) is 0.364. The van der Waals surface area contributed by atoms with Gasteiger partial charge >= 0.3 is 5.69 Å². The number of carbonyl (C=O) groups excluding carboxylic acids is 2. The molecule has 0 radical (unpaired) electrons. The maximum Gasteiger partial charge on any atom is 0.311 e. The van der Waals surface area contributed by atoms with Crippen LogP contribution in [0.1, 0.15) is 26.3 Å². The van der Waals surface area contributed by atoms with E-state index in [0.29, 0.717) is 5.56 Å². The summed E-state index contributed by atoms with van der Waals surface area (Å²) in [4.78, 5) is 37.2. The standard InChI is InChI=1S/C22H26FN3O6/c1-14(2)24-22(28)15(3)25(12-16-5-7-17(23)8-6-16)21(27)13-32-18-9-10-19(26(29)30)20(11-18)31-4/h5-11,14-15H,12-13H2,1-4H3,(H,24,28)/t15-/m0/s1. The second-order valence-electron chi connectivity index (χ2n) is 7.37. The number of amides is 2. The molecule has 0 aliphatic carbocycles. The molecule has 0 unspecified atom stereocenters. The molecule has 0 aliphatic rings. The van der Waals surface area contributed by atoms with E-state index in [1.54, 1.807) is 6.92 Å². The van der Waals surface area contributed by atoms with E-state index < -0.39 is 29.3 Å². The molecule has 0 aromatic heterocycles. The molecular formula is C22H26FN3O6. The van der Waals surface area contributed by atoms with Crippen LogP contribution >= 0.6 is 0 Å². The first kappa shape index (κ1) is 24.6. The summed E-state index contributed by atoms with van der Waals surface area (Å²) < 4.78 is 23.7. The van der Waals surface area contributed by atoms with Crippen LogP contribution in [0.5, 0.6) is 11.5 Å². The van der Waals surface area contributed by atoms with Gasteiger partial charge in [-0.15, -0.1) is 0 Å². The molecule has 10 heteroatoms. The minimum Gasteiger partial charge on any atom is -0.490 e. The maximum atomic E-state index is 13.2. The number of hydrogen-bond donors (Lipinski definition) is 1. The van der Waals surface area contributed by atoms with Crippen molar-refractivity contribution in [3.05, 3.63) is 64.0 Å². The predicted octanol–water partition coefficient (Wildman–Crippen LogP) is 3.06. The van der Waals surface area contributed by atoms with Gasteiger partial charge in [-0.25, -0.2) is 4.39 Å². The molecule has 1 atom stereocenters. The van der Waals surface area contributed by atoms with Crippen molar-refractivity contribution in [3.63, 3.8) is 0 Å². The van der Waals surface area contributed by atoms with Crippen LogP contribution in [0.3, 0.4) is 0 Å². The van der Waals surface area contributed by atoms with Crippen molar-refractivity contribution < 1.29 is 28.4 Å². The number of nitro benzene ring substituents is 1. The van der Waals surface area contributed by atoms with Gasteiger partial charge in [-0.05, 0) is 44.5 Å². The summed E-state index contributed by atoms with van der Waals surface area (Å²) in [5, 5.41) is 13.8. The summed E-state index contributed by atoms with van der Waals surface area (Å²) in [6.45, 7) is 4.86. The summed E-state index contributed by atoms with van der Waals surface area (Å²) in [6.07, 6.45) is 0. The van der Waals surface area contributed by atoms with Gasteiger partial charge < -0.3 is 19.7 Å². The fourth-order valence-corrected chi connectivity index (χ4v) is 2.90. The molecule has 172 valence electrons. The molecule has 32 heavy (non-hydrogen) atoms. The third-order valence-electron chi connectivity index (χ3n) is 4.57. The second kappa shape index (κ2) is 11.1. The number of carbonyl (C=O) groups is 2. The zero-order valence-electron chi connectivity index (χ0n) is 18.3. The average Bonchev–Trinajstić information content (AvgIpc) is 2.75. The highest BCUT2D eigenvalue weighted by Crippen LogP contribution is 2.30. The van der Waals surface area contributed by atoms with E-state index in [4.69, 9.17) is 9.47 Å². The summed E-state index contributed by atoms with van der Waals surface area (Å²) in [7, 11) is 1.29. The van der Waals surface area contributed by atoms with Gasteiger partial charge in [0.2, 0.25) is 11.7 Å². The van der Waals surface area contributed by atoms with Gasteiger partial charge in [0.05, 0.1) is 12.0 Å². The zero-order chi connectivity index (χ0) is 23.8. The highest BCUT2D eigenvalue weighted by atomic mass is 19.1. The Morgan fingerprint density at radius 1 is 1.16 bits per heavy atom. The molecule has 0 heterocycles. The molecule has 2 aromatic rings. The van der Waals surface area contributed by atoms with E-state index >= 15 is 0 Å². The fourth-order valence-electron chi connectivity index (χ4n) is 2.90. The van der Waals surface area contributed by atoms with E-state index in [0.717, 1.165) is 0 Å². The van der Waals surface area contributed by atoms with Crippen LogP contribution in [0.2, 0.25) is 0 Å². The molecule has 0 spiro atoms. The van der Waals surface area contributed by atoms with Crippen molar-refractivity contribution >= 4 is 17.5 Å². The lowest BCUT2D eigenvalue weighted by atomic mass is 10.1. The van der Waals surface area contributed by atoms with E-state index in [9.17, 15) is 24.1 Å². The number of ether oxygens (including phenoxy) is 2. The molecule has 0 fully saturated rings. The monoisotopic (exact) mass is 447 g/mol. The van der Waals surface area contributed by atoms with Crippen molar-refractivity contribution in [1.29, 1.82) is 0 Å². The van der Waals surface area contributed by atoms with Crippen LogP contribution in [-0.2, 0) is 16.1 Å². The molecule has 0 saturated carbocycles. The number of benzene rings is 2. The quantitative estimate of drug-likeness (QED) is 0.443. The SMILES string of the molecule is COc1cc(OCC(=O)N(Cc2ccc(F)cc2)[C@@H](C)C(=O)NC(C)C)ccc1[N+](=O)[O-]. The molecule has 1 N–H and O–H groups in total. The van der Waals surface area contributed by atoms with E-state index in [1.165, 1.54) is 54.5 Å². The number of methoxy groups -OCH3 is 1. The van der Waals surface area contributed by atoms with Crippen LogP contribution in [0.4, 0.5) is 10.1 Å². The van der Waals surface area contributed by atoms with Crippen LogP contribution in [0, 0.1) is 15.9 Å². The molecule has 2 aromatic carbocycles. The third kappa shape index (κ3) is 6.66. The van der Waals surface area contributed by atoms with E-state index in [-0.39, 0.29) is 35.7 Å². The van der Waals surface area contributed by atoms with Crippen molar-refractivity contribution in [2.75, 3.05) is 13.7 Å². The lowest BCUT2D eigenvalue weighted by Gasteiger charge is -2.29. The number of rotatable bonds is 10. The smallest absolute Gasteiger partial charge is 0.311 e. The van der Waals surface area contributed by atoms with Crippen LogP contribution in [0.15, 0.2) is 42.5 Å². The summed E-state index contributed by atoms with van der Waals surface area (Å²) in [5.74, 6) is -1.05. The second-order valence-corrected chi connectivity index (χ2v) is 7.37. The van der Waals surface area contributed by atoms with Crippen LogP contribution in [-0.4, -0.2) is 47.4 Å². The highest BCUT2D eigenvalue weighted by Gasteiger charge is 2.27. The Balaban J connectivity index is 2.18. The van der Waals surface area contributed by atoms with Crippen molar-refractivity contribution in [3.8, 4) is 11.5 Å². The maximum absolute atomic E-state index is 13.2. The summed E-state index contributed by atoms with van der Waals surface area (Å²) in [6, 6.07) is 8.56. The van der Waals surface area contributed by atoms with Gasteiger partial charge in [0, 0.05) is 24.7 Å². The summed E-state index contributed by atoms with van der Waals surface area (Å²) in [5.41, 5.74) is 0.407. The Kier molecular flexibility index (Phi) is 8.51. The third-order valence-corrected chi connectivity index (χ3v) is 4.57. The van der Waals surface area contributed by atoms with Crippen LogP contribution in [0.25, 0.3) is 0 Å². The van der Waals surface area contributed by atoms with Crippen LogP contribution < -0.4 is 14.8 Å². The topological polar surface area (TPSA) is 111 Å². The predicted molar refractivity (Wildman–Crippen MR) is 115 cm³/mol. The lowest BCUT2D eigenvalue weighted by Crippen LogP contribution is -2.50. The Morgan fingerprint density at radius 2 is 1.81 bits per heavy atom. The van der Waals surface area contributed by atoms with E-state index in [2.05, 4.69) is 5.32 Å². The lowest BCUT2D eigenvalue weighted by molar-refractivity contribution is -0.385. The molecule has 0 bridgehead atoms. The van der Waals surface area contributed by atoms with Gasteiger partial charge in [-0.3, -0.25) is 19.7 Å². The Bertz CT molecular complexity index is 965. The zero-order valence-corrected chi connectivity index (χ0v) is 18.3. The minimum absolute atomic E-state index is 0.00667. The molecular weight excluding hydrogens is 421 g/mol. The van der Waals surface area contributed by atoms with Gasteiger partial charge in [0.1, 0.15) is 17.6 Å². The van der Waals surface area contributed by atoms with Crippen molar-refractivity contribution in [2.24, 2.45) is 0 Å². The number of hydrogen-bond acceptors (Lipinski definition) is 6. The van der Waals surface area contributed by atoms with Gasteiger partial charge in [-0.2, -0.15) is 0 Å². The first-order valence-corrected chi connectivity index (χ1v) is 9.92. The number of nitrogens with one attached hydrogen (secondary N) is 1. The number of halogens is 1. The van der Waals surface area contributed by atoms with Gasteiger partial charge in [0.15, 0.2) is 6.61 Å². The molecule has 9 nitrogen and oxygen atoms in total. The molecule has 0 saturated heterocycles. The van der Waals surface area contributed by atoms with Crippen molar-refractivity contribution in [2.45, 2.75) is 39.4 Å². The molecule has 2 rings (SSSR count). The highest BCUT2D eigenvalue weighted by molar-refractivity contribution is 5.88. The Morgan fingerprint density at radius 3 is 2.38 bits per heavy atom. The van der Waals surface area contributed by atoms with E-state index in [1.807, 2.05) is 13.8 Å².